The second-order valence-electron chi connectivity index (χ2n) is 5.42. The molecule has 0 saturated heterocycles. The lowest BCUT2D eigenvalue weighted by Crippen LogP contribution is -2.49. The van der Waals surface area contributed by atoms with Crippen LogP contribution in [-0.4, -0.2) is 28.2 Å². The summed E-state index contributed by atoms with van der Waals surface area (Å²) in [5.41, 5.74) is 7.46. The van der Waals surface area contributed by atoms with Crippen molar-refractivity contribution in [3.05, 3.63) is 41.8 Å². The predicted octanol–water partition coefficient (Wildman–Crippen LogP) is 2.88. The number of amides is 1. The molecule has 1 aromatic heterocycles. The number of nitrogens with one attached hydrogen (secondary N) is 2. The molecule has 4 N–H and O–H groups in total. The van der Waals surface area contributed by atoms with Gasteiger partial charge in [0.1, 0.15) is 5.82 Å². The van der Waals surface area contributed by atoms with Crippen molar-refractivity contribution >= 4 is 18.3 Å². The first kappa shape index (κ1) is 19.1. The highest BCUT2D eigenvalue weighted by Crippen LogP contribution is 2.21. The van der Waals surface area contributed by atoms with E-state index in [9.17, 15) is 9.18 Å². The molecule has 0 fully saturated rings. The Hall–Kier alpha value is -1.92. The molecule has 0 spiro atoms. The molecular weight excluding hydrogens is 319 g/mol. The SMILES string of the molecule is CCC(N)(CC)CNC(=O)c1cn[nH]c1-c1ccc(F)cc1.Cl. The molecule has 0 radical (unpaired) electrons. The van der Waals surface area contributed by atoms with Crippen LogP contribution in [0.25, 0.3) is 11.3 Å². The zero-order chi connectivity index (χ0) is 16.2. The van der Waals surface area contributed by atoms with E-state index in [1.54, 1.807) is 12.1 Å². The third-order valence-corrected chi connectivity index (χ3v) is 4.03. The summed E-state index contributed by atoms with van der Waals surface area (Å²) in [5.74, 6) is -0.571. The van der Waals surface area contributed by atoms with Crippen LogP contribution in [0.4, 0.5) is 4.39 Å². The Labute approximate surface area is 141 Å². The van der Waals surface area contributed by atoms with Crippen LogP contribution in [0.15, 0.2) is 30.5 Å². The molecule has 2 rings (SSSR count). The van der Waals surface area contributed by atoms with E-state index in [2.05, 4.69) is 15.5 Å². The maximum atomic E-state index is 13.0. The quantitative estimate of drug-likeness (QED) is 0.756. The summed E-state index contributed by atoms with van der Waals surface area (Å²) in [6.07, 6.45) is 3.02. The van der Waals surface area contributed by atoms with Crippen molar-refractivity contribution in [2.24, 2.45) is 5.73 Å². The van der Waals surface area contributed by atoms with Crippen molar-refractivity contribution in [2.75, 3.05) is 6.54 Å². The third-order valence-electron chi connectivity index (χ3n) is 4.03. The number of nitrogens with zero attached hydrogens (tertiary/aromatic N) is 1. The number of benzene rings is 1. The Balaban J connectivity index is 0.00000264. The fraction of sp³-hybridized carbons (Fsp3) is 0.375. The molecule has 0 saturated carbocycles. The minimum atomic E-state index is -0.407. The lowest BCUT2D eigenvalue weighted by atomic mass is 9.94. The second-order valence-corrected chi connectivity index (χ2v) is 5.42. The predicted molar refractivity (Wildman–Crippen MR) is 91.1 cm³/mol. The minimum absolute atomic E-state index is 0. The Kier molecular flexibility index (Phi) is 6.72. The van der Waals surface area contributed by atoms with Gasteiger partial charge in [0.2, 0.25) is 0 Å². The van der Waals surface area contributed by atoms with Crippen LogP contribution in [0, 0.1) is 5.82 Å². The molecule has 0 aliphatic heterocycles. The van der Waals surface area contributed by atoms with Gasteiger partial charge >= 0.3 is 0 Å². The van der Waals surface area contributed by atoms with Crippen LogP contribution in [0.5, 0.6) is 0 Å². The molecule has 1 amide bonds. The zero-order valence-electron chi connectivity index (χ0n) is 13.2. The van der Waals surface area contributed by atoms with Crippen LogP contribution in [-0.2, 0) is 0 Å². The van der Waals surface area contributed by atoms with Gasteiger partial charge in [0.15, 0.2) is 0 Å². The van der Waals surface area contributed by atoms with Gasteiger partial charge in [0.25, 0.3) is 5.91 Å². The van der Waals surface area contributed by atoms with Crippen LogP contribution >= 0.6 is 12.4 Å². The van der Waals surface area contributed by atoms with Crippen molar-refractivity contribution in [1.29, 1.82) is 0 Å². The van der Waals surface area contributed by atoms with E-state index in [0.717, 1.165) is 12.8 Å². The molecule has 0 aliphatic rings. The van der Waals surface area contributed by atoms with Gasteiger partial charge in [-0.1, -0.05) is 13.8 Å². The number of nitrogens with two attached hydrogens (primary N) is 1. The van der Waals surface area contributed by atoms with E-state index in [1.165, 1.54) is 18.3 Å². The number of aromatic nitrogens is 2. The molecular formula is C16H22ClFN4O. The van der Waals surface area contributed by atoms with Gasteiger partial charge < -0.3 is 11.1 Å². The number of H-pyrrole nitrogens is 1. The first-order chi connectivity index (χ1) is 10.5. The maximum absolute atomic E-state index is 13.0. The molecule has 0 atom stereocenters. The molecule has 0 bridgehead atoms. The van der Waals surface area contributed by atoms with Crippen LogP contribution in [0.2, 0.25) is 0 Å². The largest absolute Gasteiger partial charge is 0.350 e. The van der Waals surface area contributed by atoms with Crippen molar-refractivity contribution < 1.29 is 9.18 Å². The summed E-state index contributed by atoms with van der Waals surface area (Å²) in [6, 6.07) is 5.89. The first-order valence-electron chi connectivity index (χ1n) is 7.35. The summed E-state index contributed by atoms with van der Waals surface area (Å²) < 4.78 is 13.0. The first-order valence-corrected chi connectivity index (χ1v) is 7.35. The Morgan fingerprint density at radius 2 is 1.91 bits per heavy atom. The molecule has 2 aromatic rings. The molecule has 126 valence electrons. The molecule has 5 nitrogen and oxygen atoms in total. The highest BCUT2D eigenvalue weighted by Gasteiger charge is 2.22. The average molecular weight is 341 g/mol. The lowest BCUT2D eigenvalue weighted by Gasteiger charge is -2.26. The Bertz CT molecular complexity index is 638. The van der Waals surface area contributed by atoms with Crippen LogP contribution in [0.3, 0.4) is 0 Å². The average Bonchev–Trinajstić information content (AvgIpc) is 3.02. The summed E-state index contributed by atoms with van der Waals surface area (Å²) in [7, 11) is 0. The summed E-state index contributed by atoms with van der Waals surface area (Å²) >= 11 is 0. The summed E-state index contributed by atoms with van der Waals surface area (Å²) in [5, 5.41) is 9.55. The number of carbonyl (C=O) groups is 1. The number of hydrogen-bond donors (Lipinski definition) is 3. The molecule has 0 unspecified atom stereocenters. The Morgan fingerprint density at radius 3 is 2.48 bits per heavy atom. The third kappa shape index (κ3) is 4.53. The standard InChI is InChI=1S/C16H21FN4O.ClH/c1-3-16(18,4-2)10-19-15(22)13-9-20-21-14(13)11-5-7-12(17)8-6-11;/h5-9H,3-4,10,18H2,1-2H3,(H,19,22)(H,20,21);1H. The molecule has 0 aliphatic carbocycles. The fourth-order valence-electron chi connectivity index (χ4n) is 2.15. The zero-order valence-corrected chi connectivity index (χ0v) is 14.0. The highest BCUT2D eigenvalue weighted by atomic mass is 35.5. The fourth-order valence-corrected chi connectivity index (χ4v) is 2.15. The topological polar surface area (TPSA) is 83.8 Å². The van der Waals surface area contributed by atoms with E-state index in [1.807, 2.05) is 13.8 Å². The summed E-state index contributed by atoms with van der Waals surface area (Å²) in [4.78, 5) is 12.3. The molecule has 23 heavy (non-hydrogen) atoms. The van der Waals surface area contributed by atoms with Crippen molar-refractivity contribution in [2.45, 2.75) is 32.2 Å². The van der Waals surface area contributed by atoms with E-state index >= 15 is 0 Å². The van der Waals surface area contributed by atoms with Crippen molar-refractivity contribution in [1.82, 2.24) is 15.5 Å². The van der Waals surface area contributed by atoms with Crippen LogP contribution < -0.4 is 11.1 Å². The smallest absolute Gasteiger partial charge is 0.255 e. The normalized spacial score (nSPS) is 11.0. The minimum Gasteiger partial charge on any atom is -0.350 e. The summed E-state index contributed by atoms with van der Waals surface area (Å²) in [6.45, 7) is 4.39. The number of carbonyl (C=O) groups excluding carboxylic acids is 1. The van der Waals surface area contributed by atoms with E-state index in [-0.39, 0.29) is 24.1 Å². The van der Waals surface area contributed by atoms with E-state index in [4.69, 9.17) is 5.73 Å². The number of hydrogen-bond acceptors (Lipinski definition) is 3. The van der Waals surface area contributed by atoms with E-state index in [0.29, 0.717) is 23.4 Å². The van der Waals surface area contributed by atoms with Gasteiger partial charge in [0.05, 0.1) is 17.5 Å². The van der Waals surface area contributed by atoms with Gasteiger partial charge in [-0.3, -0.25) is 9.89 Å². The maximum Gasteiger partial charge on any atom is 0.255 e. The van der Waals surface area contributed by atoms with Gasteiger partial charge in [0, 0.05) is 17.6 Å². The molecule has 7 heteroatoms. The van der Waals surface area contributed by atoms with Crippen LogP contribution in [0.1, 0.15) is 37.0 Å². The van der Waals surface area contributed by atoms with Crippen molar-refractivity contribution in [3.8, 4) is 11.3 Å². The van der Waals surface area contributed by atoms with Gasteiger partial charge in [-0.05, 0) is 37.1 Å². The molecule has 1 aromatic carbocycles. The Morgan fingerprint density at radius 1 is 1.30 bits per heavy atom. The van der Waals surface area contributed by atoms with Crippen molar-refractivity contribution in [3.63, 3.8) is 0 Å². The lowest BCUT2D eigenvalue weighted by molar-refractivity contribution is 0.0943. The number of halogens is 2. The van der Waals surface area contributed by atoms with Gasteiger partial charge in [-0.25, -0.2) is 4.39 Å². The monoisotopic (exact) mass is 340 g/mol. The van der Waals surface area contributed by atoms with E-state index < -0.39 is 5.54 Å². The number of aromatic amines is 1. The highest BCUT2D eigenvalue weighted by molar-refractivity contribution is 5.99. The molecule has 1 heterocycles. The van der Waals surface area contributed by atoms with Gasteiger partial charge in [-0.2, -0.15) is 5.10 Å². The second kappa shape index (κ2) is 8.08. The number of rotatable bonds is 6. The van der Waals surface area contributed by atoms with Gasteiger partial charge in [-0.15, -0.1) is 12.4 Å².